The highest BCUT2D eigenvalue weighted by molar-refractivity contribution is 14.0. The first-order chi connectivity index (χ1) is 11.9. The third-order valence-corrected chi connectivity index (χ3v) is 4.12. The van der Waals surface area contributed by atoms with Gasteiger partial charge >= 0.3 is 6.18 Å². The summed E-state index contributed by atoms with van der Waals surface area (Å²) in [7, 11) is 3.37. The molecule has 1 heterocycles. The molecular weight excluding hydrogens is 460 g/mol. The molecule has 1 saturated heterocycles. The third kappa shape index (κ3) is 7.28. The second kappa shape index (κ2) is 10.9. The quantitative estimate of drug-likeness (QED) is 0.281. The van der Waals surface area contributed by atoms with E-state index in [9.17, 15) is 13.2 Å². The summed E-state index contributed by atoms with van der Waals surface area (Å²) in [4.78, 5) is 6.40. The van der Waals surface area contributed by atoms with Crippen molar-refractivity contribution in [2.75, 3.05) is 40.4 Å². The minimum atomic E-state index is -4.28. The van der Waals surface area contributed by atoms with Crippen LogP contribution < -0.4 is 10.6 Å². The molecule has 5 nitrogen and oxygen atoms in total. The van der Waals surface area contributed by atoms with Gasteiger partial charge in [-0.2, -0.15) is 13.2 Å². The van der Waals surface area contributed by atoms with Crippen LogP contribution in [-0.2, 0) is 17.5 Å². The number of nitrogens with one attached hydrogen (secondary N) is 2. The van der Waals surface area contributed by atoms with Crippen molar-refractivity contribution in [2.24, 2.45) is 4.99 Å². The van der Waals surface area contributed by atoms with Crippen LogP contribution in [0.25, 0.3) is 0 Å². The van der Waals surface area contributed by atoms with Gasteiger partial charge in [-0.3, -0.25) is 9.89 Å². The smallest absolute Gasteiger partial charge is 0.383 e. The first-order valence-corrected chi connectivity index (χ1v) is 8.27. The Morgan fingerprint density at radius 2 is 2.00 bits per heavy atom. The number of guanidine groups is 1. The first kappa shape index (κ1) is 23.0. The van der Waals surface area contributed by atoms with Crippen molar-refractivity contribution in [3.8, 4) is 0 Å². The molecule has 0 aromatic heterocycles. The molecule has 1 aromatic carbocycles. The molecule has 1 aromatic rings. The first-order valence-electron chi connectivity index (χ1n) is 8.27. The Kier molecular flexibility index (Phi) is 9.66. The van der Waals surface area contributed by atoms with Gasteiger partial charge < -0.3 is 15.4 Å². The molecule has 1 fully saturated rings. The summed E-state index contributed by atoms with van der Waals surface area (Å²) < 4.78 is 42.8. The van der Waals surface area contributed by atoms with Crippen LogP contribution >= 0.6 is 24.0 Å². The van der Waals surface area contributed by atoms with Crippen molar-refractivity contribution in [1.82, 2.24) is 15.5 Å². The number of alkyl halides is 3. The van der Waals surface area contributed by atoms with Crippen LogP contribution in [0.15, 0.2) is 29.3 Å². The van der Waals surface area contributed by atoms with Gasteiger partial charge in [-0.1, -0.05) is 12.1 Å². The number of nitrogens with zero attached hydrogens (tertiary/aromatic N) is 2. The van der Waals surface area contributed by atoms with Crippen LogP contribution in [-0.4, -0.2) is 57.3 Å². The predicted octanol–water partition coefficient (Wildman–Crippen LogP) is 2.71. The van der Waals surface area contributed by atoms with Crippen LogP contribution in [0.5, 0.6) is 0 Å². The molecule has 1 unspecified atom stereocenters. The summed E-state index contributed by atoms with van der Waals surface area (Å²) in [6.07, 6.45) is -3.32. The van der Waals surface area contributed by atoms with E-state index in [1.54, 1.807) is 26.3 Å². The number of hydrogen-bond acceptors (Lipinski definition) is 3. The van der Waals surface area contributed by atoms with Gasteiger partial charge in [0.05, 0.1) is 12.2 Å². The Labute approximate surface area is 169 Å². The molecule has 1 atom stereocenters. The molecule has 0 amide bonds. The standard InChI is InChI=1S/C17H25F3N4O.HI/c1-21-16(22-8-10-25-2)23-15-7-9-24(12-15)11-13-3-5-14(6-4-13)17(18,19)20;/h3-6,15H,7-12H2,1-2H3,(H2,21,22,23);1H. The van der Waals surface area contributed by atoms with Gasteiger partial charge in [0.15, 0.2) is 5.96 Å². The molecule has 148 valence electrons. The lowest BCUT2D eigenvalue weighted by Gasteiger charge is -2.19. The summed E-state index contributed by atoms with van der Waals surface area (Å²) in [5, 5.41) is 6.53. The lowest BCUT2D eigenvalue weighted by molar-refractivity contribution is -0.137. The highest BCUT2D eigenvalue weighted by Crippen LogP contribution is 2.29. The Morgan fingerprint density at radius 1 is 1.31 bits per heavy atom. The fourth-order valence-electron chi connectivity index (χ4n) is 2.81. The Morgan fingerprint density at radius 3 is 2.58 bits per heavy atom. The maximum atomic E-state index is 12.6. The summed E-state index contributed by atoms with van der Waals surface area (Å²) in [6, 6.07) is 5.65. The van der Waals surface area contributed by atoms with E-state index in [4.69, 9.17) is 4.74 Å². The number of hydrogen-bond donors (Lipinski definition) is 2. The van der Waals surface area contributed by atoms with E-state index in [0.29, 0.717) is 19.7 Å². The molecule has 0 aliphatic carbocycles. The van der Waals surface area contributed by atoms with Crippen LogP contribution in [0.1, 0.15) is 17.5 Å². The zero-order valence-corrected chi connectivity index (χ0v) is 17.3. The summed E-state index contributed by atoms with van der Waals surface area (Å²) >= 11 is 0. The average Bonchev–Trinajstić information content (AvgIpc) is 3.01. The second-order valence-electron chi connectivity index (χ2n) is 6.05. The largest absolute Gasteiger partial charge is 0.416 e. The zero-order chi connectivity index (χ0) is 18.3. The van der Waals surface area contributed by atoms with Crippen molar-refractivity contribution in [3.05, 3.63) is 35.4 Å². The van der Waals surface area contributed by atoms with Crippen LogP contribution in [0.2, 0.25) is 0 Å². The van der Waals surface area contributed by atoms with Crippen LogP contribution in [0.3, 0.4) is 0 Å². The van der Waals surface area contributed by atoms with Crippen molar-refractivity contribution < 1.29 is 17.9 Å². The van der Waals surface area contributed by atoms with Crippen molar-refractivity contribution in [3.63, 3.8) is 0 Å². The summed E-state index contributed by atoms with van der Waals surface area (Å²) in [6.45, 7) is 3.65. The van der Waals surface area contributed by atoms with Gasteiger partial charge in [-0.25, -0.2) is 0 Å². The maximum Gasteiger partial charge on any atom is 0.416 e. The fraction of sp³-hybridized carbons (Fsp3) is 0.588. The molecule has 2 rings (SSSR count). The number of rotatable bonds is 6. The minimum absolute atomic E-state index is 0. The van der Waals surface area contributed by atoms with E-state index in [-0.39, 0.29) is 30.0 Å². The molecule has 1 aliphatic rings. The summed E-state index contributed by atoms with van der Waals surface area (Å²) in [5.41, 5.74) is 0.277. The van der Waals surface area contributed by atoms with E-state index in [1.165, 1.54) is 0 Å². The van der Waals surface area contributed by atoms with Gasteiger partial charge in [0.2, 0.25) is 0 Å². The van der Waals surface area contributed by atoms with Crippen LogP contribution in [0, 0.1) is 0 Å². The molecule has 0 bridgehead atoms. The van der Waals surface area contributed by atoms with Gasteiger partial charge in [0, 0.05) is 46.4 Å². The molecule has 0 saturated carbocycles. The molecule has 26 heavy (non-hydrogen) atoms. The van der Waals surface area contributed by atoms with Gasteiger partial charge in [-0.05, 0) is 24.1 Å². The van der Waals surface area contributed by atoms with E-state index in [0.717, 1.165) is 43.2 Å². The second-order valence-corrected chi connectivity index (χ2v) is 6.05. The van der Waals surface area contributed by atoms with Gasteiger partial charge in [0.25, 0.3) is 0 Å². The monoisotopic (exact) mass is 486 g/mol. The predicted molar refractivity (Wildman–Crippen MR) is 107 cm³/mol. The third-order valence-electron chi connectivity index (χ3n) is 4.12. The highest BCUT2D eigenvalue weighted by atomic mass is 127. The van der Waals surface area contributed by atoms with E-state index < -0.39 is 11.7 Å². The number of ether oxygens (including phenoxy) is 1. The molecular formula is C17H26F3IN4O. The van der Waals surface area contributed by atoms with Crippen molar-refractivity contribution in [1.29, 1.82) is 0 Å². The normalized spacial score (nSPS) is 18.5. The highest BCUT2D eigenvalue weighted by Gasteiger charge is 2.30. The molecule has 0 spiro atoms. The Bertz CT molecular complexity index is 566. The number of methoxy groups -OCH3 is 1. The number of aliphatic imine (C=N–C) groups is 1. The molecule has 0 radical (unpaired) electrons. The van der Waals surface area contributed by atoms with Crippen molar-refractivity contribution >= 4 is 29.9 Å². The number of halogens is 4. The van der Waals surface area contributed by atoms with Crippen molar-refractivity contribution in [2.45, 2.75) is 25.2 Å². The lowest BCUT2D eigenvalue weighted by Crippen LogP contribution is -2.45. The van der Waals surface area contributed by atoms with E-state index in [1.807, 2.05) is 0 Å². The fourth-order valence-corrected chi connectivity index (χ4v) is 2.81. The maximum absolute atomic E-state index is 12.6. The minimum Gasteiger partial charge on any atom is -0.383 e. The van der Waals surface area contributed by atoms with Gasteiger partial charge in [0.1, 0.15) is 0 Å². The molecule has 2 N–H and O–H groups in total. The number of benzene rings is 1. The Hall–Kier alpha value is -1.07. The van der Waals surface area contributed by atoms with E-state index >= 15 is 0 Å². The van der Waals surface area contributed by atoms with Crippen LogP contribution in [0.4, 0.5) is 13.2 Å². The van der Waals surface area contributed by atoms with E-state index in [2.05, 4.69) is 20.5 Å². The molecule has 9 heteroatoms. The van der Waals surface area contributed by atoms with Gasteiger partial charge in [-0.15, -0.1) is 24.0 Å². The zero-order valence-electron chi connectivity index (χ0n) is 15.0. The summed E-state index contributed by atoms with van der Waals surface area (Å²) in [5.74, 6) is 0.735. The Balaban J connectivity index is 0.00000338. The SMILES string of the molecule is CN=C(NCCOC)NC1CCN(Cc2ccc(C(F)(F)F)cc2)C1.I. The number of likely N-dealkylation sites (tertiary alicyclic amines) is 1. The lowest BCUT2D eigenvalue weighted by atomic mass is 10.1. The molecule has 1 aliphatic heterocycles. The average molecular weight is 486 g/mol. The topological polar surface area (TPSA) is 48.9 Å².